The standard InChI is InChI=1S/C24H22Cl2FNO3S/c1-24(2,3)31-23(30)20-17(14-8-10-16(25)11-9-14)13-32-22(20)28-21(29)19(27)12-15-6-4-5-7-18(15)26/h4-11,13,19H,12H2,1-3H3,(H,28,29). The predicted molar refractivity (Wildman–Crippen MR) is 129 cm³/mol. The first-order valence-corrected chi connectivity index (χ1v) is 11.5. The first kappa shape index (κ1) is 24.2. The fraction of sp³-hybridized carbons (Fsp3) is 0.250. The summed E-state index contributed by atoms with van der Waals surface area (Å²) in [6.07, 6.45) is -2.02. The molecule has 0 spiro atoms. The summed E-state index contributed by atoms with van der Waals surface area (Å²) in [4.78, 5) is 25.6. The molecular formula is C24H22Cl2FNO3S. The van der Waals surface area contributed by atoms with Gasteiger partial charge in [0.2, 0.25) is 0 Å². The number of ether oxygens (including phenoxy) is 1. The molecule has 0 aliphatic carbocycles. The Balaban J connectivity index is 1.89. The van der Waals surface area contributed by atoms with Crippen LogP contribution in [0.15, 0.2) is 53.9 Å². The van der Waals surface area contributed by atoms with Gasteiger partial charge in [-0.15, -0.1) is 11.3 Å². The Kier molecular flexibility index (Phi) is 7.59. The van der Waals surface area contributed by atoms with E-state index in [1.807, 2.05) is 0 Å². The summed E-state index contributed by atoms with van der Waals surface area (Å²) in [6.45, 7) is 5.25. The molecule has 0 aliphatic heterocycles. The number of hydrogen-bond acceptors (Lipinski definition) is 4. The van der Waals surface area contributed by atoms with E-state index in [1.165, 1.54) is 0 Å². The van der Waals surface area contributed by atoms with Gasteiger partial charge in [0.05, 0.1) is 0 Å². The van der Waals surface area contributed by atoms with Crippen molar-refractivity contribution in [2.45, 2.75) is 39.0 Å². The number of alkyl halides is 1. The number of thiophene rings is 1. The summed E-state index contributed by atoms with van der Waals surface area (Å²) in [5, 5.41) is 5.43. The van der Waals surface area contributed by atoms with E-state index in [2.05, 4.69) is 5.32 Å². The molecule has 0 saturated carbocycles. The lowest BCUT2D eigenvalue weighted by atomic mass is 10.0. The highest BCUT2D eigenvalue weighted by Gasteiger charge is 2.28. The summed E-state index contributed by atoms with van der Waals surface area (Å²) in [5.74, 6) is -1.47. The largest absolute Gasteiger partial charge is 0.456 e. The minimum atomic E-state index is -1.84. The Morgan fingerprint density at radius 2 is 1.75 bits per heavy atom. The van der Waals surface area contributed by atoms with Crippen LogP contribution in [0.25, 0.3) is 11.1 Å². The van der Waals surface area contributed by atoms with Crippen LogP contribution < -0.4 is 5.32 Å². The van der Waals surface area contributed by atoms with E-state index in [0.29, 0.717) is 21.2 Å². The number of esters is 1. The maximum atomic E-state index is 14.7. The molecule has 32 heavy (non-hydrogen) atoms. The van der Waals surface area contributed by atoms with Crippen LogP contribution in [0.2, 0.25) is 10.0 Å². The van der Waals surface area contributed by atoms with Crippen LogP contribution in [0.1, 0.15) is 36.7 Å². The smallest absolute Gasteiger partial charge is 0.342 e. The molecule has 1 aromatic heterocycles. The number of carbonyl (C=O) groups excluding carboxylic acids is 2. The molecule has 3 rings (SSSR count). The maximum absolute atomic E-state index is 14.7. The molecule has 0 aliphatic rings. The quantitative estimate of drug-likeness (QED) is 0.369. The normalized spacial score (nSPS) is 12.3. The number of rotatable bonds is 6. The van der Waals surface area contributed by atoms with E-state index in [0.717, 1.165) is 16.9 Å². The topological polar surface area (TPSA) is 55.4 Å². The average molecular weight is 494 g/mol. The zero-order valence-electron chi connectivity index (χ0n) is 17.7. The Hall–Kier alpha value is -2.41. The molecule has 8 heteroatoms. The van der Waals surface area contributed by atoms with Crippen LogP contribution in [0.5, 0.6) is 0 Å². The minimum absolute atomic E-state index is 0.172. The van der Waals surface area contributed by atoms with Crippen molar-refractivity contribution >= 4 is 51.4 Å². The molecule has 1 amide bonds. The highest BCUT2D eigenvalue weighted by molar-refractivity contribution is 7.15. The van der Waals surface area contributed by atoms with Gasteiger partial charge in [0.25, 0.3) is 5.91 Å². The highest BCUT2D eigenvalue weighted by atomic mass is 35.5. The summed E-state index contributed by atoms with van der Waals surface area (Å²) < 4.78 is 20.3. The van der Waals surface area contributed by atoms with Crippen LogP contribution in [-0.2, 0) is 16.0 Å². The SMILES string of the molecule is CC(C)(C)OC(=O)c1c(-c2ccc(Cl)cc2)csc1NC(=O)C(F)Cc1ccccc1Cl. The van der Waals surface area contributed by atoms with Gasteiger partial charge in [0, 0.05) is 27.4 Å². The van der Waals surface area contributed by atoms with Crippen molar-refractivity contribution in [2.75, 3.05) is 5.32 Å². The fourth-order valence-corrected chi connectivity index (χ4v) is 4.26. The number of nitrogens with one attached hydrogen (secondary N) is 1. The van der Waals surface area contributed by atoms with Gasteiger partial charge in [-0.05, 0) is 50.1 Å². The van der Waals surface area contributed by atoms with Gasteiger partial charge >= 0.3 is 5.97 Å². The number of amides is 1. The summed E-state index contributed by atoms with van der Waals surface area (Å²) >= 11 is 13.2. The molecule has 0 bridgehead atoms. The Bertz CT molecular complexity index is 1120. The molecule has 4 nitrogen and oxygen atoms in total. The van der Waals surface area contributed by atoms with Crippen LogP contribution in [0, 0.1) is 0 Å². The zero-order chi connectivity index (χ0) is 23.5. The summed E-state index contributed by atoms with van der Waals surface area (Å²) in [5.41, 5.74) is 1.24. The van der Waals surface area contributed by atoms with Crippen molar-refractivity contribution in [2.24, 2.45) is 0 Å². The number of halogens is 3. The van der Waals surface area contributed by atoms with Crippen LogP contribution in [0.3, 0.4) is 0 Å². The zero-order valence-corrected chi connectivity index (χ0v) is 20.1. The van der Waals surface area contributed by atoms with Crippen molar-refractivity contribution in [1.29, 1.82) is 0 Å². The fourth-order valence-electron chi connectivity index (χ4n) is 2.96. The molecule has 168 valence electrons. The molecule has 1 N–H and O–H groups in total. The van der Waals surface area contributed by atoms with Gasteiger partial charge in [0.1, 0.15) is 16.2 Å². The van der Waals surface area contributed by atoms with Crippen molar-refractivity contribution in [3.8, 4) is 11.1 Å². The predicted octanol–water partition coefficient (Wildman–Crippen LogP) is 7.20. The van der Waals surface area contributed by atoms with Gasteiger partial charge in [-0.2, -0.15) is 0 Å². The second-order valence-corrected chi connectivity index (χ2v) is 9.84. The van der Waals surface area contributed by atoms with E-state index >= 15 is 0 Å². The Morgan fingerprint density at radius 3 is 2.38 bits per heavy atom. The molecule has 3 aromatic rings. The minimum Gasteiger partial charge on any atom is -0.456 e. The second kappa shape index (κ2) is 10.0. The molecule has 1 atom stereocenters. The molecule has 2 aromatic carbocycles. The van der Waals surface area contributed by atoms with Gasteiger partial charge in [-0.1, -0.05) is 53.5 Å². The van der Waals surface area contributed by atoms with E-state index < -0.39 is 23.6 Å². The molecule has 0 saturated heterocycles. The Morgan fingerprint density at radius 1 is 1.09 bits per heavy atom. The highest BCUT2D eigenvalue weighted by Crippen LogP contribution is 2.37. The van der Waals surface area contributed by atoms with E-state index in [1.54, 1.807) is 74.7 Å². The lowest BCUT2D eigenvalue weighted by Crippen LogP contribution is -2.28. The maximum Gasteiger partial charge on any atom is 0.342 e. The summed E-state index contributed by atoms with van der Waals surface area (Å²) in [7, 11) is 0. The third kappa shape index (κ3) is 6.09. The van der Waals surface area contributed by atoms with Crippen LogP contribution >= 0.6 is 34.5 Å². The van der Waals surface area contributed by atoms with Crippen molar-refractivity contribution in [3.63, 3.8) is 0 Å². The lowest BCUT2D eigenvalue weighted by Gasteiger charge is -2.20. The summed E-state index contributed by atoms with van der Waals surface area (Å²) in [6, 6.07) is 13.7. The van der Waals surface area contributed by atoms with Crippen molar-refractivity contribution < 1.29 is 18.7 Å². The van der Waals surface area contributed by atoms with Crippen LogP contribution in [-0.4, -0.2) is 23.6 Å². The molecular weight excluding hydrogens is 472 g/mol. The lowest BCUT2D eigenvalue weighted by molar-refractivity contribution is -0.120. The van der Waals surface area contributed by atoms with Crippen molar-refractivity contribution in [3.05, 3.63) is 75.1 Å². The van der Waals surface area contributed by atoms with E-state index in [9.17, 15) is 14.0 Å². The molecule has 0 fully saturated rings. The van der Waals surface area contributed by atoms with E-state index in [-0.39, 0.29) is 17.0 Å². The number of hydrogen-bond donors (Lipinski definition) is 1. The Labute approximate surface area is 200 Å². The van der Waals surface area contributed by atoms with Gasteiger partial charge in [0.15, 0.2) is 6.17 Å². The third-order valence-electron chi connectivity index (χ3n) is 4.43. The third-order valence-corrected chi connectivity index (χ3v) is 5.94. The van der Waals surface area contributed by atoms with Gasteiger partial charge in [-0.25, -0.2) is 9.18 Å². The van der Waals surface area contributed by atoms with E-state index in [4.69, 9.17) is 27.9 Å². The second-order valence-electron chi connectivity index (χ2n) is 8.11. The number of carbonyl (C=O) groups is 2. The van der Waals surface area contributed by atoms with Gasteiger partial charge in [-0.3, -0.25) is 4.79 Å². The number of benzene rings is 2. The molecule has 1 heterocycles. The molecule has 1 unspecified atom stereocenters. The molecule has 0 radical (unpaired) electrons. The first-order chi connectivity index (χ1) is 15.0. The monoisotopic (exact) mass is 493 g/mol. The first-order valence-electron chi connectivity index (χ1n) is 9.84. The van der Waals surface area contributed by atoms with Gasteiger partial charge < -0.3 is 10.1 Å². The average Bonchev–Trinajstić information content (AvgIpc) is 3.12. The van der Waals surface area contributed by atoms with Crippen molar-refractivity contribution in [1.82, 2.24) is 0 Å². The van der Waals surface area contributed by atoms with Crippen LogP contribution in [0.4, 0.5) is 9.39 Å². The number of anilines is 1.